The Morgan fingerprint density at radius 2 is 2.00 bits per heavy atom. The van der Waals surface area contributed by atoms with Crippen molar-refractivity contribution in [3.05, 3.63) is 0 Å². The van der Waals surface area contributed by atoms with Crippen molar-refractivity contribution in [1.82, 2.24) is 15.1 Å². The molecular formula is C16H31N3O. The van der Waals surface area contributed by atoms with Crippen LogP contribution in [0, 0.1) is 5.92 Å². The molecule has 1 N–H and O–H groups in total. The van der Waals surface area contributed by atoms with Crippen LogP contribution in [-0.2, 0) is 4.74 Å². The Morgan fingerprint density at radius 3 is 2.80 bits per heavy atom. The first-order valence-electron chi connectivity index (χ1n) is 8.64. The summed E-state index contributed by atoms with van der Waals surface area (Å²) in [5, 5.41) is 3.46. The van der Waals surface area contributed by atoms with Crippen molar-refractivity contribution >= 4 is 0 Å². The molecule has 0 saturated carbocycles. The number of ether oxygens (including phenoxy) is 1. The lowest BCUT2D eigenvalue weighted by Crippen LogP contribution is -2.49. The summed E-state index contributed by atoms with van der Waals surface area (Å²) < 4.78 is 5.80. The van der Waals surface area contributed by atoms with Crippen molar-refractivity contribution in [2.75, 3.05) is 52.4 Å². The molecule has 0 radical (unpaired) electrons. The van der Waals surface area contributed by atoms with Gasteiger partial charge in [0.05, 0.1) is 6.10 Å². The van der Waals surface area contributed by atoms with Gasteiger partial charge in [0.2, 0.25) is 0 Å². The number of rotatable bonds is 4. The molecule has 0 bridgehead atoms. The summed E-state index contributed by atoms with van der Waals surface area (Å²) in [5.74, 6) is 0.871. The predicted octanol–water partition coefficient (Wildman–Crippen LogP) is 1.17. The molecule has 3 heterocycles. The van der Waals surface area contributed by atoms with Gasteiger partial charge in [0, 0.05) is 51.9 Å². The van der Waals surface area contributed by atoms with Crippen LogP contribution in [0.4, 0.5) is 0 Å². The molecule has 4 nitrogen and oxygen atoms in total. The summed E-state index contributed by atoms with van der Waals surface area (Å²) in [6.45, 7) is 12.0. The minimum Gasteiger partial charge on any atom is -0.378 e. The molecule has 4 heteroatoms. The normalized spacial score (nSPS) is 37.4. The fraction of sp³-hybridized carbons (Fsp3) is 1.00. The Balaban J connectivity index is 1.43. The zero-order valence-electron chi connectivity index (χ0n) is 13.0. The molecule has 0 aromatic carbocycles. The lowest BCUT2D eigenvalue weighted by Gasteiger charge is -2.34. The maximum atomic E-state index is 5.80. The highest BCUT2D eigenvalue weighted by Crippen LogP contribution is 2.25. The van der Waals surface area contributed by atoms with E-state index in [4.69, 9.17) is 4.74 Å². The maximum absolute atomic E-state index is 5.80. The number of hydrogen-bond donors (Lipinski definition) is 1. The van der Waals surface area contributed by atoms with E-state index in [-0.39, 0.29) is 0 Å². The summed E-state index contributed by atoms with van der Waals surface area (Å²) in [6.07, 6.45) is 5.64. The van der Waals surface area contributed by atoms with E-state index in [0.717, 1.165) is 18.6 Å². The fourth-order valence-electron chi connectivity index (χ4n) is 4.10. The van der Waals surface area contributed by atoms with Crippen molar-refractivity contribution in [3.63, 3.8) is 0 Å². The second-order valence-corrected chi connectivity index (χ2v) is 6.78. The summed E-state index contributed by atoms with van der Waals surface area (Å²) >= 11 is 0. The second kappa shape index (κ2) is 7.21. The first kappa shape index (κ1) is 14.8. The van der Waals surface area contributed by atoms with E-state index in [1.807, 2.05) is 0 Å². The number of likely N-dealkylation sites (tertiary alicyclic amines) is 1. The zero-order valence-corrected chi connectivity index (χ0v) is 13.0. The van der Waals surface area contributed by atoms with Crippen LogP contribution in [0.1, 0.15) is 32.6 Å². The van der Waals surface area contributed by atoms with Crippen LogP contribution >= 0.6 is 0 Å². The first-order chi connectivity index (χ1) is 9.85. The number of nitrogens with zero attached hydrogens (tertiary/aromatic N) is 2. The quantitative estimate of drug-likeness (QED) is 0.837. The summed E-state index contributed by atoms with van der Waals surface area (Å²) in [4.78, 5) is 5.42. The van der Waals surface area contributed by atoms with Crippen molar-refractivity contribution in [3.8, 4) is 0 Å². The Hall–Kier alpha value is -0.160. The highest BCUT2D eigenvalue weighted by molar-refractivity contribution is 4.87. The minimum atomic E-state index is 0.528. The van der Waals surface area contributed by atoms with Gasteiger partial charge in [-0.2, -0.15) is 0 Å². The van der Waals surface area contributed by atoms with Crippen LogP contribution in [0.25, 0.3) is 0 Å². The van der Waals surface area contributed by atoms with Gasteiger partial charge in [-0.25, -0.2) is 0 Å². The third-order valence-electron chi connectivity index (χ3n) is 5.36. The van der Waals surface area contributed by atoms with Crippen LogP contribution < -0.4 is 5.32 Å². The number of hydrogen-bond acceptors (Lipinski definition) is 4. The van der Waals surface area contributed by atoms with Gasteiger partial charge in [-0.15, -0.1) is 0 Å². The largest absolute Gasteiger partial charge is 0.378 e. The molecule has 3 saturated heterocycles. The van der Waals surface area contributed by atoms with Crippen LogP contribution in [0.15, 0.2) is 0 Å². The van der Waals surface area contributed by atoms with Crippen LogP contribution in [-0.4, -0.2) is 74.4 Å². The molecule has 0 aromatic rings. The van der Waals surface area contributed by atoms with Gasteiger partial charge in [-0.3, -0.25) is 4.90 Å². The third-order valence-corrected chi connectivity index (χ3v) is 5.36. The standard InChI is InChI=1S/C16H31N3O/c1-2-16-11-14(4-10-20-16)12-18-7-3-15(13-18)19-8-5-17-6-9-19/h14-17H,2-13H2,1H3. The van der Waals surface area contributed by atoms with Crippen LogP contribution in [0.5, 0.6) is 0 Å². The Morgan fingerprint density at radius 1 is 1.15 bits per heavy atom. The molecule has 0 spiro atoms. The van der Waals surface area contributed by atoms with Gasteiger partial charge >= 0.3 is 0 Å². The fourth-order valence-corrected chi connectivity index (χ4v) is 4.10. The Labute approximate surface area is 123 Å². The maximum Gasteiger partial charge on any atom is 0.0575 e. The SMILES string of the molecule is CCC1CC(CN2CCC(N3CCNCC3)C2)CCO1. The Kier molecular flexibility index (Phi) is 5.32. The van der Waals surface area contributed by atoms with E-state index in [0.29, 0.717) is 6.10 Å². The van der Waals surface area contributed by atoms with Crippen LogP contribution in [0.2, 0.25) is 0 Å². The highest BCUT2D eigenvalue weighted by Gasteiger charge is 2.30. The molecule has 3 fully saturated rings. The molecule has 0 aromatic heterocycles. The van der Waals surface area contributed by atoms with E-state index >= 15 is 0 Å². The van der Waals surface area contributed by atoms with Gasteiger partial charge in [-0.1, -0.05) is 6.92 Å². The van der Waals surface area contributed by atoms with Gasteiger partial charge < -0.3 is 15.0 Å². The van der Waals surface area contributed by atoms with Crippen molar-refractivity contribution in [1.29, 1.82) is 0 Å². The first-order valence-corrected chi connectivity index (χ1v) is 8.64. The third kappa shape index (κ3) is 3.73. The molecule has 0 aliphatic carbocycles. The average molecular weight is 281 g/mol. The summed E-state index contributed by atoms with van der Waals surface area (Å²) in [6, 6.07) is 0.818. The number of nitrogens with one attached hydrogen (secondary N) is 1. The van der Waals surface area contributed by atoms with Crippen LogP contribution in [0.3, 0.4) is 0 Å². The molecule has 3 atom stereocenters. The zero-order chi connectivity index (χ0) is 13.8. The van der Waals surface area contributed by atoms with Gasteiger partial charge in [0.1, 0.15) is 0 Å². The molecule has 20 heavy (non-hydrogen) atoms. The molecule has 116 valence electrons. The number of piperazine rings is 1. The molecular weight excluding hydrogens is 250 g/mol. The lowest BCUT2D eigenvalue weighted by molar-refractivity contribution is -0.0167. The van der Waals surface area contributed by atoms with E-state index in [9.17, 15) is 0 Å². The van der Waals surface area contributed by atoms with Crippen molar-refractivity contribution in [2.45, 2.75) is 44.8 Å². The molecule has 3 unspecified atom stereocenters. The van der Waals surface area contributed by atoms with Gasteiger partial charge in [0.25, 0.3) is 0 Å². The van der Waals surface area contributed by atoms with E-state index in [2.05, 4.69) is 22.0 Å². The minimum absolute atomic E-state index is 0.528. The molecule has 3 aliphatic rings. The van der Waals surface area contributed by atoms with Crippen molar-refractivity contribution in [2.24, 2.45) is 5.92 Å². The monoisotopic (exact) mass is 281 g/mol. The van der Waals surface area contributed by atoms with Crippen molar-refractivity contribution < 1.29 is 4.74 Å². The molecule has 3 aliphatic heterocycles. The van der Waals surface area contributed by atoms with E-state index in [1.54, 1.807) is 0 Å². The summed E-state index contributed by atoms with van der Waals surface area (Å²) in [5.41, 5.74) is 0. The summed E-state index contributed by atoms with van der Waals surface area (Å²) in [7, 11) is 0. The Bertz CT molecular complexity index is 293. The highest BCUT2D eigenvalue weighted by atomic mass is 16.5. The van der Waals surface area contributed by atoms with Gasteiger partial charge in [0.15, 0.2) is 0 Å². The lowest BCUT2D eigenvalue weighted by atomic mass is 9.94. The average Bonchev–Trinajstić information content (AvgIpc) is 2.97. The molecule has 3 rings (SSSR count). The smallest absolute Gasteiger partial charge is 0.0575 e. The van der Waals surface area contributed by atoms with E-state index < -0.39 is 0 Å². The van der Waals surface area contributed by atoms with Gasteiger partial charge in [-0.05, 0) is 38.1 Å². The molecule has 0 amide bonds. The predicted molar refractivity (Wildman–Crippen MR) is 82.0 cm³/mol. The second-order valence-electron chi connectivity index (χ2n) is 6.78. The topological polar surface area (TPSA) is 27.7 Å². The van der Waals surface area contributed by atoms with E-state index in [1.165, 1.54) is 71.5 Å².